The molecule has 1 aromatic carbocycles. The van der Waals surface area contributed by atoms with Crippen LogP contribution >= 0.6 is 11.6 Å². The van der Waals surface area contributed by atoms with E-state index in [0.29, 0.717) is 36.1 Å². The summed E-state index contributed by atoms with van der Waals surface area (Å²) >= 11 is 6.21. The van der Waals surface area contributed by atoms with Crippen molar-refractivity contribution < 1.29 is 14.3 Å². The topological polar surface area (TPSA) is 67.5 Å². The van der Waals surface area contributed by atoms with E-state index in [4.69, 9.17) is 21.1 Å². The Morgan fingerprint density at radius 2 is 2.04 bits per heavy atom. The van der Waals surface area contributed by atoms with Crippen molar-refractivity contribution in [3.8, 4) is 11.3 Å². The van der Waals surface area contributed by atoms with Gasteiger partial charge in [-0.05, 0) is 31.4 Å². The highest BCUT2D eigenvalue weighted by Crippen LogP contribution is 2.27. The first-order valence-corrected chi connectivity index (χ1v) is 9.41. The van der Waals surface area contributed by atoms with Crippen LogP contribution in [0.25, 0.3) is 11.3 Å². The first kappa shape index (κ1) is 17.5. The predicted molar refractivity (Wildman–Crippen MR) is 98.3 cm³/mol. The molecule has 1 atom stereocenters. The zero-order chi connectivity index (χ0) is 17.9. The molecule has 7 heteroatoms. The van der Waals surface area contributed by atoms with Crippen molar-refractivity contribution in [1.82, 2.24) is 15.1 Å². The molecule has 0 aliphatic carbocycles. The molecule has 1 N–H and O–H groups in total. The van der Waals surface area contributed by atoms with E-state index in [1.807, 2.05) is 29.2 Å². The number of carbonyl (C=O) groups excluding carboxylic acids is 1. The van der Waals surface area contributed by atoms with Crippen LogP contribution in [0.5, 0.6) is 0 Å². The molecular formula is C19H22ClN3O3. The summed E-state index contributed by atoms with van der Waals surface area (Å²) in [6, 6.07) is 9.24. The molecule has 0 bridgehead atoms. The number of nitrogens with one attached hydrogen (secondary N) is 1. The van der Waals surface area contributed by atoms with Crippen molar-refractivity contribution in [2.45, 2.75) is 31.5 Å². The average Bonchev–Trinajstić information content (AvgIpc) is 3.34. The maximum absolute atomic E-state index is 12.7. The highest BCUT2D eigenvalue weighted by molar-refractivity contribution is 6.33. The second kappa shape index (κ2) is 7.78. The third-order valence-electron chi connectivity index (χ3n) is 4.96. The van der Waals surface area contributed by atoms with Crippen molar-refractivity contribution in [3.05, 3.63) is 41.0 Å². The summed E-state index contributed by atoms with van der Waals surface area (Å²) in [5, 5.41) is 7.72. The molecule has 2 saturated heterocycles. The van der Waals surface area contributed by atoms with Crippen LogP contribution in [0.15, 0.2) is 30.3 Å². The van der Waals surface area contributed by atoms with Gasteiger partial charge in [0.2, 0.25) is 0 Å². The van der Waals surface area contributed by atoms with Gasteiger partial charge in [0, 0.05) is 25.3 Å². The minimum absolute atomic E-state index is 0.0292. The van der Waals surface area contributed by atoms with Gasteiger partial charge in [-0.1, -0.05) is 29.8 Å². The summed E-state index contributed by atoms with van der Waals surface area (Å²) < 4.78 is 11.4. The second-order valence-corrected chi connectivity index (χ2v) is 7.17. The fraction of sp³-hybridized carbons (Fsp3) is 0.474. The number of amides is 1. The molecule has 1 unspecified atom stereocenters. The number of halogens is 1. The number of aromatic amines is 1. The Balaban J connectivity index is 1.36. The van der Waals surface area contributed by atoms with Gasteiger partial charge in [-0.25, -0.2) is 0 Å². The van der Waals surface area contributed by atoms with E-state index in [9.17, 15) is 4.79 Å². The number of piperidine rings is 1. The van der Waals surface area contributed by atoms with E-state index in [2.05, 4.69) is 10.2 Å². The lowest BCUT2D eigenvalue weighted by Crippen LogP contribution is -2.42. The Morgan fingerprint density at radius 1 is 1.23 bits per heavy atom. The molecule has 2 aliphatic heterocycles. The summed E-state index contributed by atoms with van der Waals surface area (Å²) in [5.74, 6) is -0.0292. The fourth-order valence-corrected chi connectivity index (χ4v) is 3.73. The van der Waals surface area contributed by atoms with Gasteiger partial charge in [0.25, 0.3) is 5.91 Å². The molecule has 26 heavy (non-hydrogen) atoms. The van der Waals surface area contributed by atoms with Gasteiger partial charge < -0.3 is 14.4 Å². The van der Waals surface area contributed by atoms with Crippen molar-refractivity contribution >= 4 is 17.5 Å². The quantitative estimate of drug-likeness (QED) is 0.891. The second-order valence-electron chi connectivity index (χ2n) is 6.76. The van der Waals surface area contributed by atoms with Crippen molar-refractivity contribution in [3.63, 3.8) is 0 Å². The molecule has 0 saturated carbocycles. The van der Waals surface area contributed by atoms with Crippen LogP contribution < -0.4 is 0 Å². The highest BCUT2D eigenvalue weighted by atomic mass is 35.5. The molecule has 4 rings (SSSR count). The monoisotopic (exact) mass is 375 g/mol. The molecule has 0 spiro atoms. The van der Waals surface area contributed by atoms with E-state index in [-0.39, 0.29) is 18.1 Å². The first-order valence-electron chi connectivity index (χ1n) is 9.03. The number of H-pyrrole nitrogens is 1. The number of likely N-dealkylation sites (tertiary alicyclic amines) is 1. The molecule has 0 radical (unpaired) electrons. The van der Waals surface area contributed by atoms with Crippen LogP contribution in [-0.4, -0.2) is 59.5 Å². The number of carbonyl (C=O) groups is 1. The molecule has 6 nitrogen and oxygen atoms in total. The molecule has 138 valence electrons. The van der Waals surface area contributed by atoms with E-state index in [1.165, 1.54) is 0 Å². The smallest absolute Gasteiger partial charge is 0.271 e. The number of aromatic nitrogens is 2. The van der Waals surface area contributed by atoms with Crippen LogP contribution in [0.1, 0.15) is 29.8 Å². The third-order valence-corrected chi connectivity index (χ3v) is 5.29. The predicted octanol–water partition coefficient (Wildman–Crippen LogP) is 3.14. The Hall–Kier alpha value is -1.89. The number of hydrogen-bond donors (Lipinski definition) is 1. The van der Waals surface area contributed by atoms with Crippen molar-refractivity contribution in [2.24, 2.45) is 0 Å². The van der Waals surface area contributed by atoms with Gasteiger partial charge in [-0.2, -0.15) is 5.10 Å². The summed E-state index contributed by atoms with van der Waals surface area (Å²) in [5.41, 5.74) is 1.98. The zero-order valence-electron chi connectivity index (χ0n) is 14.5. The number of rotatable bonds is 4. The van der Waals surface area contributed by atoms with Crippen molar-refractivity contribution in [2.75, 3.05) is 26.3 Å². The highest BCUT2D eigenvalue weighted by Gasteiger charge is 2.28. The number of benzene rings is 1. The maximum Gasteiger partial charge on any atom is 0.271 e. The summed E-state index contributed by atoms with van der Waals surface area (Å²) in [4.78, 5) is 14.6. The molecule has 2 aliphatic rings. The Kier molecular flexibility index (Phi) is 5.24. The maximum atomic E-state index is 12.7. The minimum atomic E-state index is -0.0292. The van der Waals surface area contributed by atoms with Gasteiger partial charge in [0.15, 0.2) is 0 Å². The molecule has 2 fully saturated rings. The zero-order valence-corrected chi connectivity index (χ0v) is 15.2. The summed E-state index contributed by atoms with van der Waals surface area (Å²) in [7, 11) is 0. The normalized spacial score (nSPS) is 21.3. The molecule has 1 amide bonds. The largest absolute Gasteiger partial charge is 0.379 e. The molecular weight excluding hydrogens is 354 g/mol. The molecule has 1 aromatic heterocycles. The van der Waals surface area contributed by atoms with E-state index >= 15 is 0 Å². The van der Waals surface area contributed by atoms with Crippen LogP contribution in [0, 0.1) is 0 Å². The molecule has 2 aromatic rings. The lowest BCUT2D eigenvalue weighted by Gasteiger charge is -2.32. The Morgan fingerprint density at radius 3 is 2.77 bits per heavy atom. The van der Waals surface area contributed by atoms with Crippen molar-refractivity contribution in [1.29, 1.82) is 0 Å². The van der Waals surface area contributed by atoms with Crippen LogP contribution in [0.4, 0.5) is 0 Å². The SMILES string of the molecule is O=C(c1cc(-c2ccccc2Cl)n[nH]1)N1CCC(OC2CCOC2)CC1. The van der Waals surface area contributed by atoms with Gasteiger partial charge in [-0.15, -0.1) is 0 Å². The average molecular weight is 376 g/mol. The fourth-order valence-electron chi connectivity index (χ4n) is 3.50. The van der Waals surface area contributed by atoms with E-state index in [1.54, 1.807) is 6.07 Å². The number of hydrogen-bond acceptors (Lipinski definition) is 4. The number of nitrogens with zero attached hydrogens (tertiary/aromatic N) is 2. The standard InChI is InChI=1S/C19H22ClN3O3/c20-16-4-2-1-3-15(16)17-11-18(22-21-17)19(24)23-8-5-13(6-9-23)26-14-7-10-25-12-14/h1-4,11,13-14H,5-10,12H2,(H,21,22). The summed E-state index contributed by atoms with van der Waals surface area (Å²) in [6.07, 6.45) is 3.11. The van der Waals surface area contributed by atoms with Crippen LogP contribution in [0.3, 0.4) is 0 Å². The first-order chi connectivity index (χ1) is 12.7. The van der Waals surface area contributed by atoms with Crippen LogP contribution in [0.2, 0.25) is 5.02 Å². The Bertz CT molecular complexity index is 765. The molecule has 3 heterocycles. The number of ether oxygens (including phenoxy) is 2. The van der Waals surface area contributed by atoms with Gasteiger partial charge in [0.05, 0.1) is 29.5 Å². The lowest BCUT2D eigenvalue weighted by molar-refractivity contribution is -0.0408. The van der Waals surface area contributed by atoms with Gasteiger partial charge in [-0.3, -0.25) is 9.89 Å². The summed E-state index contributed by atoms with van der Waals surface area (Å²) in [6.45, 7) is 2.86. The van der Waals surface area contributed by atoms with Gasteiger partial charge in [0.1, 0.15) is 5.69 Å². The lowest BCUT2D eigenvalue weighted by atomic mass is 10.1. The van der Waals surface area contributed by atoms with E-state index in [0.717, 1.165) is 31.4 Å². The van der Waals surface area contributed by atoms with E-state index < -0.39 is 0 Å². The Labute approximate surface area is 157 Å². The van der Waals surface area contributed by atoms with Crippen LogP contribution in [-0.2, 0) is 9.47 Å². The minimum Gasteiger partial charge on any atom is -0.379 e. The third kappa shape index (κ3) is 3.77. The van der Waals surface area contributed by atoms with Gasteiger partial charge >= 0.3 is 0 Å².